The van der Waals surface area contributed by atoms with Gasteiger partial charge in [0.05, 0.1) is 35.0 Å². The molecule has 2 fully saturated rings. The summed E-state index contributed by atoms with van der Waals surface area (Å²) in [4.78, 5) is 51.3. The second-order valence-corrected chi connectivity index (χ2v) is 16.1. The van der Waals surface area contributed by atoms with Crippen molar-refractivity contribution in [1.82, 2.24) is 4.98 Å². The van der Waals surface area contributed by atoms with E-state index in [-0.39, 0.29) is 17.1 Å². The van der Waals surface area contributed by atoms with Crippen LogP contribution in [-0.4, -0.2) is 62.0 Å². The number of anilines is 3. The first-order chi connectivity index (χ1) is 27.2. The molecule has 0 bridgehead atoms. The van der Waals surface area contributed by atoms with Crippen molar-refractivity contribution >= 4 is 46.1 Å². The summed E-state index contributed by atoms with van der Waals surface area (Å²) in [6.07, 6.45) is 4.13. The monoisotopic (exact) mass is 774 g/mol. The molecular weight excluding hydrogens is 735 g/mol. The van der Waals surface area contributed by atoms with Gasteiger partial charge in [-0.1, -0.05) is 36.4 Å². The van der Waals surface area contributed by atoms with Crippen molar-refractivity contribution in [3.8, 4) is 10.4 Å². The van der Waals surface area contributed by atoms with Crippen LogP contribution in [0.5, 0.6) is 0 Å². The summed E-state index contributed by atoms with van der Waals surface area (Å²) in [7, 11) is 0. The van der Waals surface area contributed by atoms with Gasteiger partial charge in [-0.3, -0.25) is 14.4 Å². The molecule has 286 valence electrons. The molecular formula is C44H40F2N4O5S. The molecule has 0 radical (unpaired) electrons. The third-order valence-electron chi connectivity index (χ3n) is 11.5. The zero-order valence-corrected chi connectivity index (χ0v) is 31.6. The SMILES string of the molecule is O=C(Nc1c(F)cccc1F)c1cc2c(s1)-c1ccccc1N(C(=O)c1ccc(CCC(=O)c3cc4c(nc3N3CC5(CCOCC5)C3)CCOC4)cc1)CC2. The van der Waals surface area contributed by atoms with Gasteiger partial charge in [-0.2, -0.15) is 0 Å². The molecule has 56 heavy (non-hydrogen) atoms. The fraction of sp³-hybridized carbons (Fsp3) is 0.318. The normalized spacial score (nSPS) is 17.0. The van der Waals surface area contributed by atoms with Crippen molar-refractivity contribution in [3.63, 3.8) is 0 Å². The fourth-order valence-corrected chi connectivity index (χ4v) is 9.47. The lowest BCUT2D eigenvalue weighted by Crippen LogP contribution is -2.59. The van der Waals surface area contributed by atoms with Crippen LogP contribution in [0.4, 0.5) is 26.0 Å². The molecule has 9 rings (SSSR count). The maximum atomic E-state index is 14.3. The highest BCUT2D eigenvalue weighted by molar-refractivity contribution is 7.17. The number of hydrogen-bond donors (Lipinski definition) is 1. The number of carbonyl (C=O) groups excluding carboxylic acids is 3. The van der Waals surface area contributed by atoms with Gasteiger partial charge in [0.1, 0.15) is 23.1 Å². The minimum Gasteiger partial charge on any atom is -0.381 e. The van der Waals surface area contributed by atoms with Crippen LogP contribution < -0.4 is 15.1 Å². The summed E-state index contributed by atoms with van der Waals surface area (Å²) in [6, 6.07) is 22.1. The van der Waals surface area contributed by atoms with Crippen LogP contribution in [0.1, 0.15) is 72.0 Å². The number of rotatable bonds is 8. The number of ether oxygens (including phenoxy) is 2. The number of ketones is 1. The Morgan fingerprint density at radius 2 is 1.62 bits per heavy atom. The van der Waals surface area contributed by atoms with E-state index in [1.165, 1.54) is 17.4 Å². The van der Waals surface area contributed by atoms with E-state index in [0.29, 0.717) is 60.7 Å². The van der Waals surface area contributed by atoms with E-state index < -0.39 is 23.2 Å². The van der Waals surface area contributed by atoms with Crippen LogP contribution in [0.2, 0.25) is 0 Å². The molecule has 5 aromatic rings. The number of aromatic nitrogens is 1. The van der Waals surface area contributed by atoms with Gasteiger partial charge in [0.25, 0.3) is 11.8 Å². The van der Waals surface area contributed by atoms with Gasteiger partial charge in [-0.25, -0.2) is 13.8 Å². The highest BCUT2D eigenvalue weighted by Gasteiger charge is 2.45. The smallest absolute Gasteiger partial charge is 0.265 e. The number of benzene rings is 3. The van der Waals surface area contributed by atoms with Gasteiger partial charge in [0.2, 0.25) is 0 Å². The Morgan fingerprint density at radius 3 is 2.41 bits per heavy atom. The number of amides is 2. The second-order valence-electron chi connectivity index (χ2n) is 15.1. The van der Waals surface area contributed by atoms with E-state index in [9.17, 15) is 23.2 Å². The van der Waals surface area contributed by atoms with Crippen LogP contribution in [-0.2, 0) is 35.3 Å². The number of hydrogen-bond acceptors (Lipinski definition) is 8. The minimum atomic E-state index is -0.851. The van der Waals surface area contributed by atoms with Crippen LogP contribution in [0.25, 0.3) is 10.4 Å². The molecule has 3 aromatic carbocycles. The van der Waals surface area contributed by atoms with E-state index in [0.717, 1.165) is 96.3 Å². The number of nitrogens with one attached hydrogen (secondary N) is 1. The average molecular weight is 775 g/mol. The van der Waals surface area contributed by atoms with Crippen molar-refractivity contribution in [1.29, 1.82) is 0 Å². The number of para-hydroxylation sites is 2. The maximum absolute atomic E-state index is 14.3. The molecule has 1 N–H and O–H groups in total. The van der Waals surface area contributed by atoms with E-state index in [2.05, 4.69) is 10.2 Å². The number of nitrogens with zero attached hydrogens (tertiary/aromatic N) is 3. The highest BCUT2D eigenvalue weighted by Crippen LogP contribution is 2.44. The molecule has 12 heteroatoms. The first-order valence-corrected chi connectivity index (χ1v) is 19.9. The average Bonchev–Trinajstić information content (AvgIpc) is 3.58. The Balaban J connectivity index is 0.886. The van der Waals surface area contributed by atoms with Gasteiger partial charge in [-0.05, 0) is 79.3 Å². The Kier molecular flexibility index (Phi) is 9.72. The number of carbonyl (C=O) groups is 3. The van der Waals surface area contributed by atoms with Gasteiger partial charge in [-0.15, -0.1) is 11.3 Å². The van der Waals surface area contributed by atoms with Crippen molar-refractivity contribution in [2.75, 3.05) is 54.6 Å². The van der Waals surface area contributed by atoms with Crippen molar-refractivity contribution in [2.24, 2.45) is 5.41 Å². The molecule has 1 spiro atoms. The van der Waals surface area contributed by atoms with Crippen LogP contribution in [0.3, 0.4) is 0 Å². The largest absolute Gasteiger partial charge is 0.381 e. The lowest BCUT2D eigenvalue weighted by molar-refractivity contribution is -0.000555. The lowest BCUT2D eigenvalue weighted by atomic mass is 9.73. The van der Waals surface area contributed by atoms with Gasteiger partial charge in [0, 0.05) is 72.7 Å². The molecule has 4 aliphatic rings. The van der Waals surface area contributed by atoms with E-state index >= 15 is 0 Å². The van der Waals surface area contributed by atoms with E-state index in [1.54, 1.807) is 11.0 Å². The number of Topliss-reactive ketones (excluding diaryl/α,β-unsaturated/α-hetero) is 1. The van der Waals surface area contributed by atoms with Crippen LogP contribution >= 0.6 is 11.3 Å². The highest BCUT2D eigenvalue weighted by atomic mass is 32.1. The quantitative estimate of drug-likeness (QED) is 0.159. The Bertz CT molecular complexity index is 2330. The molecule has 0 atom stereocenters. The molecule has 6 heterocycles. The summed E-state index contributed by atoms with van der Waals surface area (Å²) in [5.41, 5.74) is 6.28. The topological polar surface area (TPSA) is 101 Å². The summed E-state index contributed by atoms with van der Waals surface area (Å²) in [5.74, 6) is -1.63. The van der Waals surface area contributed by atoms with Crippen LogP contribution in [0, 0.1) is 17.0 Å². The predicted molar refractivity (Wildman–Crippen MR) is 211 cm³/mol. The Hall–Kier alpha value is -5.30. The molecule has 2 saturated heterocycles. The van der Waals surface area contributed by atoms with Crippen molar-refractivity contribution in [2.45, 2.75) is 45.1 Å². The zero-order chi connectivity index (χ0) is 38.4. The van der Waals surface area contributed by atoms with Crippen molar-refractivity contribution < 1.29 is 32.6 Å². The van der Waals surface area contributed by atoms with Gasteiger partial charge >= 0.3 is 0 Å². The molecule has 2 aromatic heterocycles. The summed E-state index contributed by atoms with van der Waals surface area (Å²) in [5, 5.41) is 2.38. The lowest BCUT2D eigenvalue weighted by Gasteiger charge is -2.53. The molecule has 0 unspecified atom stereocenters. The zero-order valence-electron chi connectivity index (χ0n) is 30.7. The number of halogens is 2. The standard InChI is InChI=1S/C44H40F2N4O5S/c45-33-5-3-6-34(46)39(33)48-42(52)38-23-29-14-18-50(36-7-2-1-4-31(36)40(29)56-38)43(53)28-11-8-27(9-12-28)10-13-37(51)32-22-30-24-55-19-15-35(30)47-41(32)49-25-44(26-49)16-20-54-21-17-44/h1-9,11-12,22-23H,10,13-21,24-26H2,(H,48,52). The second kappa shape index (κ2) is 15.0. The molecule has 4 aliphatic heterocycles. The predicted octanol–water partition coefficient (Wildman–Crippen LogP) is 8.05. The minimum absolute atomic E-state index is 0.0441. The number of thiophene rings is 1. The summed E-state index contributed by atoms with van der Waals surface area (Å²) < 4.78 is 39.8. The molecule has 2 amide bonds. The number of fused-ring (bicyclic) bond motifs is 4. The summed E-state index contributed by atoms with van der Waals surface area (Å²) in [6.45, 7) is 4.82. The third-order valence-corrected chi connectivity index (χ3v) is 12.7. The van der Waals surface area contributed by atoms with Crippen molar-refractivity contribution in [3.05, 3.63) is 129 Å². The maximum Gasteiger partial charge on any atom is 0.265 e. The Labute approximate surface area is 327 Å². The Morgan fingerprint density at radius 1 is 0.857 bits per heavy atom. The van der Waals surface area contributed by atoms with E-state index in [4.69, 9.17) is 14.5 Å². The first-order valence-electron chi connectivity index (χ1n) is 19.1. The third kappa shape index (κ3) is 6.90. The van der Waals surface area contributed by atoms with E-state index in [1.807, 2.05) is 54.6 Å². The first kappa shape index (κ1) is 36.3. The summed E-state index contributed by atoms with van der Waals surface area (Å²) >= 11 is 1.23. The van der Waals surface area contributed by atoms with Gasteiger partial charge in [0.15, 0.2) is 5.78 Å². The molecule has 9 nitrogen and oxygen atoms in total. The van der Waals surface area contributed by atoms with Crippen LogP contribution in [0.15, 0.2) is 78.9 Å². The molecule has 0 aliphatic carbocycles. The van der Waals surface area contributed by atoms with Gasteiger partial charge < -0.3 is 24.6 Å². The molecule has 0 saturated carbocycles. The number of pyridine rings is 1. The fourth-order valence-electron chi connectivity index (χ4n) is 8.33. The number of aryl methyl sites for hydroxylation is 1.